The van der Waals surface area contributed by atoms with Crippen LogP contribution in [0.2, 0.25) is 0 Å². The Kier molecular flexibility index (Phi) is 5.79. The van der Waals surface area contributed by atoms with Crippen molar-refractivity contribution in [1.29, 1.82) is 0 Å². The average Bonchev–Trinajstić information content (AvgIpc) is 3.66. The quantitative estimate of drug-likeness (QED) is 0.559. The highest BCUT2D eigenvalue weighted by Gasteiger charge is 2.50. The number of ether oxygens (including phenoxy) is 3. The van der Waals surface area contributed by atoms with Crippen molar-refractivity contribution in [3.05, 3.63) is 41.2 Å². The van der Waals surface area contributed by atoms with Crippen molar-refractivity contribution in [3.8, 4) is 22.6 Å². The molecule has 0 atom stereocenters. The fraction of sp³-hybridized carbons (Fsp3) is 0.458. The third-order valence-electron chi connectivity index (χ3n) is 5.87. The monoisotopic (exact) mass is 429 g/mol. The summed E-state index contributed by atoms with van der Waals surface area (Å²) in [7, 11) is 1.55. The van der Waals surface area contributed by atoms with Gasteiger partial charge < -0.3 is 24.6 Å². The molecule has 0 heterocycles. The molecular formula is C24H28FNO5. The average molecular weight is 429 g/mol. The van der Waals surface area contributed by atoms with E-state index < -0.39 is 17.3 Å². The smallest absolute Gasteiger partial charge is 0.329 e. The lowest BCUT2D eigenvalue weighted by Crippen LogP contribution is -2.31. The van der Waals surface area contributed by atoms with E-state index in [-0.39, 0.29) is 11.9 Å². The highest BCUT2D eigenvalue weighted by atomic mass is 19.1. The van der Waals surface area contributed by atoms with Crippen molar-refractivity contribution in [2.45, 2.75) is 57.8 Å². The van der Waals surface area contributed by atoms with Crippen LogP contribution in [0.25, 0.3) is 11.1 Å². The van der Waals surface area contributed by atoms with Gasteiger partial charge in [-0.25, -0.2) is 9.18 Å². The van der Waals surface area contributed by atoms with Crippen LogP contribution in [0.5, 0.6) is 11.5 Å². The predicted molar refractivity (Wildman–Crippen MR) is 115 cm³/mol. The van der Waals surface area contributed by atoms with Crippen molar-refractivity contribution >= 4 is 11.7 Å². The van der Waals surface area contributed by atoms with E-state index >= 15 is 4.39 Å². The second kappa shape index (κ2) is 8.38. The van der Waals surface area contributed by atoms with Crippen LogP contribution < -0.4 is 14.8 Å². The molecule has 2 fully saturated rings. The summed E-state index contributed by atoms with van der Waals surface area (Å²) in [6.07, 6.45) is 3.45. The number of benzene rings is 2. The molecule has 31 heavy (non-hydrogen) atoms. The minimum atomic E-state index is -0.906. The summed E-state index contributed by atoms with van der Waals surface area (Å²) in [5.74, 6) is -0.587. The summed E-state index contributed by atoms with van der Waals surface area (Å²) in [6, 6.07) is 7.11. The summed E-state index contributed by atoms with van der Waals surface area (Å²) in [4.78, 5) is 11.6. The van der Waals surface area contributed by atoms with E-state index in [0.717, 1.165) is 18.4 Å². The lowest BCUT2D eigenvalue weighted by Gasteiger charge is -2.20. The largest absolute Gasteiger partial charge is 0.496 e. The maximum absolute atomic E-state index is 15.5. The van der Waals surface area contributed by atoms with Gasteiger partial charge in [0, 0.05) is 16.8 Å². The molecule has 2 aliphatic rings. The number of carboxylic acids is 1. The maximum Gasteiger partial charge on any atom is 0.329 e. The number of hydrogen-bond acceptors (Lipinski definition) is 5. The van der Waals surface area contributed by atoms with Crippen LogP contribution in [-0.4, -0.2) is 36.4 Å². The molecule has 2 aliphatic carbocycles. The first-order chi connectivity index (χ1) is 14.9. The summed E-state index contributed by atoms with van der Waals surface area (Å²) in [6.45, 7) is 4.22. The molecule has 0 spiro atoms. The number of halogens is 1. The Balaban J connectivity index is 1.76. The molecule has 0 radical (unpaired) electrons. The molecule has 0 unspecified atom stereocenters. The molecule has 4 rings (SSSR count). The van der Waals surface area contributed by atoms with Crippen LogP contribution in [0, 0.1) is 12.7 Å². The molecule has 0 aliphatic heterocycles. The normalized spacial score (nSPS) is 16.6. The number of hydrogen-bond donors (Lipinski definition) is 2. The van der Waals surface area contributed by atoms with Crippen LogP contribution in [0.15, 0.2) is 24.3 Å². The van der Waals surface area contributed by atoms with Gasteiger partial charge in [-0.2, -0.15) is 0 Å². The SMILES string of the molecule is CCOc1c(C)c(OC)cc(-c2ccc(NC3(C(=O)O)CC3)cc2COC2CC2)c1F. The fourth-order valence-corrected chi connectivity index (χ4v) is 3.72. The number of rotatable bonds is 10. The Morgan fingerprint density at radius 1 is 1.26 bits per heavy atom. The van der Waals surface area contributed by atoms with E-state index in [1.54, 1.807) is 32.2 Å². The highest BCUT2D eigenvalue weighted by Crippen LogP contribution is 2.42. The van der Waals surface area contributed by atoms with Gasteiger partial charge in [0.05, 0.1) is 26.4 Å². The zero-order chi connectivity index (χ0) is 22.2. The van der Waals surface area contributed by atoms with Gasteiger partial charge >= 0.3 is 5.97 Å². The zero-order valence-electron chi connectivity index (χ0n) is 18.1. The second-order valence-corrected chi connectivity index (χ2v) is 8.22. The molecule has 6 nitrogen and oxygen atoms in total. The Bertz CT molecular complexity index is 998. The van der Waals surface area contributed by atoms with E-state index in [2.05, 4.69) is 5.32 Å². The molecule has 2 aromatic carbocycles. The Morgan fingerprint density at radius 3 is 2.58 bits per heavy atom. The van der Waals surface area contributed by atoms with Gasteiger partial charge in [-0.3, -0.25) is 0 Å². The Hall–Kier alpha value is -2.80. The molecule has 166 valence electrons. The van der Waals surface area contributed by atoms with Gasteiger partial charge in [0.2, 0.25) is 0 Å². The number of aliphatic carboxylic acids is 1. The Labute approximate surface area is 181 Å². The lowest BCUT2D eigenvalue weighted by atomic mass is 9.96. The van der Waals surface area contributed by atoms with Crippen LogP contribution in [0.4, 0.5) is 10.1 Å². The third-order valence-corrected chi connectivity index (χ3v) is 5.87. The molecular weight excluding hydrogens is 401 g/mol. The highest BCUT2D eigenvalue weighted by molar-refractivity contribution is 5.86. The van der Waals surface area contributed by atoms with E-state index in [1.807, 2.05) is 13.0 Å². The molecule has 0 aromatic heterocycles. The summed E-state index contributed by atoms with van der Waals surface area (Å²) in [5, 5.41) is 12.6. The van der Waals surface area contributed by atoms with Gasteiger partial charge in [0.1, 0.15) is 11.3 Å². The van der Waals surface area contributed by atoms with Gasteiger partial charge in [-0.1, -0.05) is 6.07 Å². The van der Waals surface area contributed by atoms with Crippen molar-refractivity contribution < 1.29 is 28.5 Å². The standard InChI is InChI=1S/C24H28FNO5/c1-4-30-22-14(2)20(29-3)12-19(21(22)25)18-8-5-16(26-24(9-10-24)23(27)28)11-15(18)13-31-17-6-7-17/h5,8,11-12,17,26H,4,6-7,9-10,13H2,1-3H3,(H,27,28). The van der Waals surface area contributed by atoms with Gasteiger partial charge in [-0.05, 0) is 68.9 Å². The number of nitrogens with one attached hydrogen (secondary N) is 1. The van der Waals surface area contributed by atoms with Crippen molar-refractivity contribution in [3.63, 3.8) is 0 Å². The second-order valence-electron chi connectivity index (χ2n) is 8.22. The summed E-state index contributed by atoms with van der Waals surface area (Å²) in [5.41, 5.74) is 2.20. The van der Waals surface area contributed by atoms with E-state index in [9.17, 15) is 9.90 Å². The van der Waals surface area contributed by atoms with Crippen molar-refractivity contribution in [2.75, 3.05) is 19.0 Å². The van der Waals surface area contributed by atoms with Gasteiger partial charge in [-0.15, -0.1) is 0 Å². The minimum absolute atomic E-state index is 0.177. The summed E-state index contributed by atoms with van der Waals surface area (Å²) < 4.78 is 32.5. The first-order valence-electron chi connectivity index (χ1n) is 10.6. The van der Waals surface area contributed by atoms with Crippen molar-refractivity contribution in [2.24, 2.45) is 0 Å². The first-order valence-corrected chi connectivity index (χ1v) is 10.6. The van der Waals surface area contributed by atoms with Crippen LogP contribution in [0.3, 0.4) is 0 Å². The van der Waals surface area contributed by atoms with Crippen molar-refractivity contribution in [1.82, 2.24) is 0 Å². The van der Waals surface area contributed by atoms with Gasteiger partial charge in [0.15, 0.2) is 11.6 Å². The van der Waals surface area contributed by atoms with E-state index in [1.165, 1.54) is 0 Å². The summed E-state index contributed by atoms with van der Waals surface area (Å²) >= 11 is 0. The number of anilines is 1. The maximum atomic E-state index is 15.5. The van der Waals surface area contributed by atoms with Crippen LogP contribution in [-0.2, 0) is 16.1 Å². The number of carboxylic acid groups (broad SMARTS) is 1. The van der Waals surface area contributed by atoms with Crippen LogP contribution >= 0.6 is 0 Å². The first kappa shape index (κ1) is 21.4. The topological polar surface area (TPSA) is 77.0 Å². The van der Waals surface area contributed by atoms with Crippen LogP contribution in [0.1, 0.15) is 43.7 Å². The fourth-order valence-electron chi connectivity index (χ4n) is 3.72. The molecule has 2 N–H and O–H groups in total. The molecule has 0 saturated heterocycles. The molecule has 7 heteroatoms. The molecule has 2 saturated carbocycles. The van der Waals surface area contributed by atoms with Gasteiger partial charge in [0.25, 0.3) is 0 Å². The zero-order valence-corrected chi connectivity index (χ0v) is 18.1. The number of carbonyl (C=O) groups is 1. The lowest BCUT2D eigenvalue weighted by molar-refractivity contribution is -0.138. The molecule has 2 aromatic rings. The molecule has 0 bridgehead atoms. The molecule has 0 amide bonds. The predicted octanol–water partition coefficient (Wildman–Crippen LogP) is 4.92. The third kappa shape index (κ3) is 4.32. The number of methoxy groups -OCH3 is 1. The van der Waals surface area contributed by atoms with E-state index in [0.29, 0.717) is 54.2 Å². The minimum Gasteiger partial charge on any atom is -0.496 e. The Morgan fingerprint density at radius 2 is 2.00 bits per heavy atom. The van der Waals surface area contributed by atoms with E-state index in [4.69, 9.17) is 14.2 Å².